The van der Waals surface area contributed by atoms with Crippen molar-refractivity contribution in [3.63, 3.8) is 0 Å². The molecule has 0 aromatic heterocycles. The van der Waals surface area contributed by atoms with E-state index in [2.05, 4.69) is 10.5 Å². The second-order valence-electron chi connectivity index (χ2n) is 7.51. The Bertz CT molecular complexity index is 986. The fraction of sp³-hybridized carbons (Fsp3) is 0.391. The molecular weight excluding hydrogens is 430 g/mol. The number of nitrogens with one attached hydrogen (secondary N) is 1. The zero-order valence-corrected chi connectivity index (χ0v) is 18.6. The number of hydrogen-bond acceptors (Lipinski definition) is 8. The van der Waals surface area contributed by atoms with Crippen molar-refractivity contribution in [3.05, 3.63) is 63.7 Å². The summed E-state index contributed by atoms with van der Waals surface area (Å²) in [6.07, 6.45) is 2.36. The smallest absolute Gasteiger partial charge is 0.269 e. The minimum atomic E-state index is -0.928. The maximum absolute atomic E-state index is 12.1. The molecule has 33 heavy (non-hydrogen) atoms. The number of carbonyl (C=O) groups is 1. The topological polar surface area (TPSA) is 122 Å². The lowest BCUT2D eigenvalue weighted by Gasteiger charge is -2.33. The zero-order valence-electron chi connectivity index (χ0n) is 18.6. The van der Waals surface area contributed by atoms with Crippen molar-refractivity contribution in [2.24, 2.45) is 5.10 Å². The van der Waals surface area contributed by atoms with E-state index in [4.69, 9.17) is 18.9 Å². The summed E-state index contributed by atoms with van der Waals surface area (Å²) in [5, 5.41) is 14.8. The van der Waals surface area contributed by atoms with Crippen molar-refractivity contribution in [2.75, 3.05) is 19.8 Å². The van der Waals surface area contributed by atoms with Crippen LogP contribution in [0.4, 0.5) is 5.69 Å². The first-order chi connectivity index (χ1) is 15.9. The highest BCUT2D eigenvalue weighted by atomic mass is 16.7. The molecule has 10 heteroatoms. The number of nitrogens with zero attached hydrogens (tertiary/aromatic N) is 2. The van der Waals surface area contributed by atoms with Crippen LogP contribution in [0.25, 0.3) is 0 Å². The van der Waals surface area contributed by atoms with Gasteiger partial charge in [-0.2, -0.15) is 5.10 Å². The van der Waals surface area contributed by atoms with Gasteiger partial charge < -0.3 is 18.9 Å². The fourth-order valence-corrected chi connectivity index (χ4v) is 3.16. The lowest BCUT2D eigenvalue weighted by atomic mass is 10.2. The van der Waals surface area contributed by atoms with Crippen LogP contribution in [0.5, 0.6) is 11.5 Å². The van der Waals surface area contributed by atoms with Crippen LogP contribution in [0, 0.1) is 10.1 Å². The Morgan fingerprint density at radius 1 is 1.18 bits per heavy atom. The number of nitro benzene ring substituents is 1. The van der Waals surface area contributed by atoms with E-state index in [1.54, 1.807) is 37.3 Å². The van der Waals surface area contributed by atoms with Crippen LogP contribution in [0.1, 0.15) is 37.8 Å². The normalized spacial score (nSPS) is 15.2. The highest BCUT2D eigenvalue weighted by molar-refractivity contribution is 5.83. The van der Waals surface area contributed by atoms with Gasteiger partial charge in [0.05, 0.1) is 37.4 Å². The molecule has 1 aliphatic heterocycles. The number of hydrogen-bond donors (Lipinski definition) is 1. The molecule has 10 nitrogen and oxygen atoms in total. The molecule has 0 saturated carbocycles. The van der Waals surface area contributed by atoms with Crippen LogP contribution in [0.3, 0.4) is 0 Å². The van der Waals surface area contributed by atoms with Crippen molar-refractivity contribution < 1.29 is 28.7 Å². The second kappa shape index (κ2) is 11.4. The van der Waals surface area contributed by atoms with Gasteiger partial charge in [-0.15, -0.1) is 0 Å². The Morgan fingerprint density at radius 2 is 1.91 bits per heavy atom. The highest BCUT2D eigenvalue weighted by Crippen LogP contribution is 2.29. The predicted octanol–water partition coefficient (Wildman–Crippen LogP) is 3.57. The number of non-ortho nitro benzene ring substituents is 1. The molecule has 0 atom stereocenters. The number of carbonyl (C=O) groups excluding carboxylic acids is 1. The molecule has 3 rings (SSSR count). The molecule has 1 amide bonds. The third kappa shape index (κ3) is 7.26. The average molecular weight is 457 g/mol. The van der Waals surface area contributed by atoms with Crippen molar-refractivity contribution >= 4 is 17.8 Å². The summed E-state index contributed by atoms with van der Waals surface area (Å²) in [6, 6.07) is 11.4. The predicted molar refractivity (Wildman–Crippen MR) is 120 cm³/mol. The van der Waals surface area contributed by atoms with Crippen molar-refractivity contribution in [2.45, 2.75) is 39.1 Å². The van der Waals surface area contributed by atoms with Gasteiger partial charge in [-0.1, -0.05) is 0 Å². The third-order valence-corrected chi connectivity index (χ3v) is 4.80. The Morgan fingerprint density at radius 3 is 2.58 bits per heavy atom. The maximum atomic E-state index is 12.1. The summed E-state index contributed by atoms with van der Waals surface area (Å²) in [5.74, 6) is -0.200. The van der Waals surface area contributed by atoms with E-state index in [0.717, 1.165) is 12.0 Å². The number of ether oxygens (including phenoxy) is 4. The van der Waals surface area contributed by atoms with E-state index < -0.39 is 10.7 Å². The van der Waals surface area contributed by atoms with Crippen LogP contribution >= 0.6 is 0 Å². The Kier molecular flexibility index (Phi) is 8.34. The lowest BCUT2D eigenvalue weighted by Crippen LogP contribution is -2.41. The maximum Gasteiger partial charge on any atom is 0.269 e. The van der Waals surface area contributed by atoms with Crippen LogP contribution in [-0.4, -0.2) is 42.7 Å². The largest absolute Gasteiger partial charge is 0.490 e. The second-order valence-corrected chi connectivity index (χ2v) is 7.51. The van der Waals surface area contributed by atoms with Crippen molar-refractivity contribution in [3.8, 4) is 11.5 Å². The minimum absolute atomic E-state index is 0.0254. The standard InChI is InChI=1S/C23H27N3O7/c1-3-30-21-13-18(15-24-25-22(27)14-23(2)32-11-4-12-33-23)7-10-20(21)31-16-17-5-8-19(9-6-17)26(28)29/h5-10,13,15H,3-4,11-12,14,16H2,1-2H3,(H,25,27)/b24-15-. The SMILES string of the molecule is CCOc1cc(/C=N\NC(=O)CC2(C)OCCCO2)ccc1OCc1ccc([N+](=O)[O-])cc1. The first kappa shape index (κ1) is 24.1. The molecule has 0 bridgehead atoms. The van der Waals surface area contributed by atoms with Gasteiger partial charge in [0.1, 0.15) is 6.61 Å². The van der Waals surface area contributed by atoms with Gasteiger partial charge in [0, 0.05) is 12.1 Å². The molecule has 1 aliphatic rings. The number of hydrazone groups is 1. The summed E-state index contributed by atoms with van der Waals surface area (Å²) in [6.45, 7) is 5.38. The molecule has 1 fully saturated rings. The van der Waals surface area contributed by atoms with Gasteiger partial charge in [-0.05, 0) is 61.7 Å². The highest BCUT2D eigenvalue weighted by Gasteiger charge is 2.31. The molecule has 2 aromatic carbocycles. The van der Waals surface area contributed by atoms with E-state index in [9.17, 15) is 14.9 Å². The van der Waals surface area contributed by atoms with Crippen LogP contribution < -0.4 is 14.9 Å². The van der Waals surface area contributed by atoms with Gasteiger partial charge in [0.15, 0.2) is 17.3 Å². The van der Waals surface area contributed by atoms with Crippen LogP contribution in [0.2, 0.25) is 0 Å². The molecule has 1 heterocycles. The number of nitro groups is 1. The van der Waals surface area contributed by atoms with E-state index in [1.807, 2.05) is 6.92 Å². The van der Waals surface area contributed by atoms with Crippen molar-refractivity contribution in [1.29, 1.82) is 0 Å². The monoisotopic (exact) mass is 457 g/mol. The summed E-state index contributed by atoms with van der Waals surface area (Å²) in [5.41, 5.74) is 4.00. The Labute approximate surface area is 191 Å². The zero-order chi connectivity index (χ0) is 23.7. The Balaban J connectivity index is 1.58. The Hall–Kier alpha value is -3.50. The van der Waals surface area contributed by atoms with Gasteiger partial charge in [0.2, 0.25) is 5.91 Å². The van der Waals surface area contributed by atoms with Crippen LogP contribution in [0.15, 0.2) is 47.6 Å². The summed E-state index contributed by atoms with van der Waals surface area (Å²) >= 11 is 0. The molecule has 1 N–H and O–H groups in total. The average Bonchev–Trinajstić information content (AvgIpc) is 2.79. The van der Waals surface area contributed by atoms with E-state index >= 15 is 0 Å². The van der Waals surface area contributed by atoms with Crippen LogP contribution in [-0.2, 0) is 20.9 Å². The summed E-state index contributed by atoms with van der Waals surface area (Å²) in [4.78, 5) is 22.5. The summed E-state index contributed by atoms with van der Waals surface area (Å²) < 4.78 is 22.6. The molecule has 0 unspecified atom stereocenters. The number of rotatable bonds is 10. The molecule has 2 aromatic rings. The quantitative estimate of drug-likeness (QED) is 0.329. The molecular formula is C23H27N3O7. The molecule has 176 valence electrons. The molecule has 0 spiro atoms. The number of benzene rings is 2. The fourth-order valence-electron chi connectivity index (χ4n) is 3.16. The van der Waals surface area contributed by atoms with Gasteiger partial charge in [-0.3, -0.25) is 14.9 Å². The first-order valence-corrected chi connectivity index (χ1v) is 10.6. The molecule has 0 aliphatic carbocycles. The van der Waals surface area contributed by atoms with Gasteiger partial charge in [-0.25, -0.2) is 5.43 Å². The molecule has 1 saturated heterocycles. The van der Waals surface area contributed by atoms with Gasteiger partial charge in [0.25, 0.3) is 5.69 Å². The number of amides is 1. The van der Waals surface area contributed by atoms with E-state index in [0.29, 0.717) is 36.9 Å². The van der Waals surface area contributed by atoms with Crippen molar-refractivity contribution in [1.82, 2.24) is 5.43 Å². The summed E-state index contributed by atoms with van der Waals surface area (Å²) in [7, 11) is 0. The van der Waals surface area contributed by atoms with E-state index in [1.165, 1.54) is 18.3 Å². The van der Waals surface area contributed by atoms with E-state index in [-0.39, 0.29) is 24.6 Å². The minimum Gasteiger partial charge on any atom is -0.490 e. The lowest BCUT2D eigenvalue weighted by molar-refractivity contribution is -0.384. The first-order valence-electron chi connectivity index (χ1n) is 10.6. The van der Waals surface area contributed by atoms with Gasteiger partial charge >= 0.3 is 0 Å². The molecule has 0 radical (unpaired) electrons. The third-order valence-electron chi connectivity index (χ3n) is 4.80.